The number of carboxylic acids is 1. The summed E-state index contributed by atoms with van der Waals surface area (Å²) in [5.41, 5.74) is -0.831. The molecule has 0 saturated heterocycles. The van der Waals surface area contributed by atoms with Crippen LogP contribution in [0.2, 0.25) is 0 Å². The zero-order valence-corrected chi connectivity index (χ0v) is 11.0. The Bertz CT molecular complexity index is 407. The van der Waals surface area contributed by atoms with E-state index in [4.69, 9.17) is 5.11 Å². The van der Waals surface area contributed by atoms with Gasteiger partial charge in [-0.05, 0) is 20.3 Å². The standard InChI is InChI=1S/C12H20N4O2/c1-4-5-13-9-6-10(16-8-15-9)14-7-12(2,3)11(17)18/h6,8H,4-5,7H2,1-3H3,(H,17,18)(H2,13,14,15,16). The van der Waals surface area contributed by atoms with Crippen LogP contribution >= 0.6 is 0 Å². The number of nitrogens with one attached hydrogen (secondary N) is 2. The normalized spacial score (nSPS) is 11.1. The lowest BCUT2D eigenvalue weighted by Gasteiger charge is -2.19. The summed E-state index contributed by atoms with van der Waals surface area (Å²) < 4.78 is 0. The van der Waals surface area contributed by atoms with E-state index < -0.39 is 11.4 Å². The number of rotatable bonds is 7. The van der Waals surface area contributed by atoms with Crippen LogP contribution in [0.3, 0.4) is 0 Å². The molecule has 1 rings (SSSR count). The molecule has 0 aliphatic heterocycles. The van der Waals surface area contributed by atoms with Gasteiger partial charge in [0.15, 0.2) is 0 Å². The number of anilines is 2. The van der Waals surface area contributed by atoms with Crippen molar-refractivity contribution in [2.24, 2.45) is 5.41 Å². The van der Waals surface area contributed by atoms with Gasteiger partial charge in [-0.2, -0.15) is 0 Å². The van der Waals surface area contributed by atoms with Crippen molar-refractivity contribution in [3.63, 3.8) is 0 Å². The number of nitrogens with zero attached hydrogens (tertiary/aromatic N) is 2. The highest BCUT2D eigenvalue weighted by molar-refractivity contribution is 5.74. The molecule has 0 radical (unpaired) electrons. The van der Waals surface area contributed by atoms with Gasteiger partial charge in [0.1, 0.15) is 18.0 Å². The number of aromatic nitrogens is 2. The summed E-state index contributed by atoms with van der Waals surface area (Å²) in [5, 5.41) is 15.2. The summed E-state index contributed by atoms with van der Waals surface area (Å²) in [6, 6.07) is 1.77. The van der Waals surface area contributed by atoms with Gasteiger partial charge in [-0.1, -0.05) is 6.92 Å². The van der Waals surface area contributed by atoms with Crippen LogP contribution < -0.4 is 10.6 Å². The molecule has 0 aromatic carbocycles. The third-order valence-electron chi connectivity index (χ3n) is 2.51. The fourth-order valence-electron chi connectivity index (χ4n) is 1.19. The Hall–Kier alpha value is -1.85. The minimum atomic E-state index is -0.839. The lowest BCUT2D eigenvalue weighted by molar-refractivity contribution is -0.146. The summed E-state index contributed by atoms with van der Waals surface area (Å²) in [6.07, 6.45) is 2.47. The first-order valence-electron chi connectivity index (χ1n) is 5.99. The number of hydrogen-bond acceptors (Lipinski definition) is 5. The van der Waals surface area contributed by atoms with E-state index in [1.165, 1.54) is 6.33 Å². The molecule has 0 fully saturated rings. The summed E-state index contributed by atoms with van der Waals surface area (Å²) in [5.74, 6) is 0.522. The van der Waals surface area contributed by atoms with Crippen molar-refractivity contribution in [3.8, 4) is 0 Å². The lowest BCUT2D eigenvalue weighted by atomic mass is 9.94. The molecule has 0 saturated carbocycles. The topological polar surface area (TPSA) is 87.1 Å². The van der Waals surface area contributed by atoms with Crippen LogP contribution in [-0.2, 0) is 4.79 Å². The molecule has 1 aromatic rings. The maximum absolute atomic E-state index is 11.0. The van der Waals surface area contributed by atoms with Gasteiger partial charge in [-0.25, -0.2) is 9.97 Å². The average molecular weight is 252 g/mol. The fourth-order valence-corrected chi connectivity index (χ4v) is 1.19. The van der Waals surface area contributed by atoms with Gasteiger partial charge in [0.05, 0.1) is 5.41 Å². The minimum absolute atomic E-state index is 0.312. The van der Waals surface area contributed by atoms with Gasteiger partial charge in [-0.15, -0.1) is 0 Å². The van der Waals surface area contributed by atoms with Crippen LogP contribution in [0.25, 0.3) is 0 Å². The van der Waals surface area contributed by atoms with Crippen LogP contribution in [0.4, 0.5) is 11.6 Å². The molecular formula is C12H20N4O2. The van der Waals surface area contributed by atoms with E-state index in [0.29, 0.717) is 12.4 Å². The van der Waals surface area contributed by atoms with Crippen molar-refractivity contribution in [1.29, 1.82) is 0 Å². The zero-order valence-electron chi connectivity index (χ0n) is 11.0. The molecule has 0 bridgehead atoms. The Balaban J connectivity index is 2.60. The molecule has 0 aliphatic rings. The maximum Gasteiger partial charge on any atom is 0.310 e. The van der Waals surface area contributed by atoms with E-state index in [1.807, 2.05) is 0 Å². The first-order valence-corrected chi connectivity index (χ1v) is 5.99. The van der Waals surface area contributed by atoms with E-state index in [2.05, 4.69) is 27.5 Å². The molecule has 3 N–H and O–H groups in total. The highest BCUT2D eigenvalue weighted by Crippen LogP contribution is 2.17. The molecule has 1 aromatic heterocycles. The zero-order chi connectivity index (χ0) is 13.6. The smallest absolute Gasteiger partial charge is 0.310 e. The second-order valence-corrected chi connectivity index (χ2v) is 4.76. The van der Waals surface area contributed by atoms with E-state index >= 15 is 0 Å². The number of aliphatic carboxylic acids is 1. The lowest BCUT2D eigenvalue weighted by Crippen LogP contribution is -2.32. The number of carbonyl (C=O) groups is 1. The second-order valence-electron chi connectivity index (χ2n) is 4.76. The Kier molecular flexibility index (Phi) is 4.88. The van der Waals surface area contributed by atoms with Crippen molar-refractivity contribution in [3.05, 3.63) is 12.4 Å². The summed E-state index contributed by atoms with van der Waals surface area (Å²) in [7, 11) is 0. The van der Waals surface area contributed by atoms with Crippen molar-refractivity contribution in [1.82, 2.24) is 9.97 Å². The van der Waals surface area contributed by atoms with Crippen LogP contribution in [0.5, 0.6) is 0 Å². The highest BCUT2D eigenvalue weighted by atomic mass is 16.4. The highest BCUT2D eigenvalue weighted by Gasteiger charge is 2.26. The fraction of sp³-hybridized carbons (Fsp3) is 0.583. The predicted octanol–water partition coefficient (Wildman–Crippen LogP) is 1.82. The Morgan fingerprint density at radius 3 is 2.50 bits per heavy atom. The van der Waals surface area contributed by atoms with E-state index in [1.54, 1.807) is 19.9 Å². The third-order valence-corrected chi connectivity index (χ3v) is 2.51. The van der Waals surface area contributed by atoms with E-state index in [-0.39, 0.29) is 0 Å². The van der Waals surface area contributed by atoms with Crippen molar-refractivity contribution < 1.29 is 9.90 Å². The van der Waals surface area contributed by atoms with Crippen molar-refractivity contribution in [2.45, 2.75) is 27.2 Å². The molecule has 0 spiro atoms. The molecule has 18 heavy (non-hydrogen) atoms. The molecular weight excluding hydrogens is 232 g/mol. The monoisotopic (exact) mass is 252 g/mol. The van der Waals surface area contributed by atoms with Crippen molar-refractivity contribution >= 4 is 17.6 Å². The first kappa shape index (κ1) is 14.2. The molecule has 6 nitrogen and oxygen atoms in total. The van der Waals surface area contributed by atoms with Gasteiger partial charge in [0, 0.05) is 19.2 Å². The van der Waals surface area contributed by atoms with E-state index in [9.17, 15) is 4.79 Å². The summed E-state index contributed by atoms with van der Waals surface area (Å²) in [6.45, 7) is 6.56. The van der Waals surface area contributed by atoms with E-state index in [0.717, 1.165) is 18.8 Å². The predicted molar refractivity (Wildman–Crippen MR) is 70.7 cm³/mol. The SMILES string of the molecule is CCCNc1cc(NCC(C)(C)C(=O)O)ncn1. The van der Waals surface area contributed by atoms with Crippen LogP contribution in [0.15, 0.2) is 12.4 Å². The maximum atomic E-state index is 11.0. The van der Waals surface area contributed by atoms with Gasteiger partial charge >= 0.3 is 5.97 Å². The van der Waals surface area contributed by atoms with Gasteiger partial charge in [-0.3, -0.25) is 4.79 Å². The molecule has 0 amide bonds. The van der Waals surface area contributed by atoms with Crippen LogP contribution in [0, 0.1) is 5.41 Å². The van der Waals surface area contributed by atoms with Crippen LogP contribution in [-0.4, -0.2) is 34.1 Å². The first-order chi connectivity index (χ1) is 8.45. The van der Waals surface area contributed by atoms with Gasteiger partial charge in [0.25, 0.3) is 0 Å². The summed E-state index contributed by atoms with van der Waals surface area (Å²) >= 11 is 0. The molecule has 0 aliphatic carbocycles. The molecule has 0 atom stereocenters. The molecule has 0 unspecified atom stereocenters. The molecule has 100 valence electrons. The Morgan fingerprint density at radius 1 is 1.33 bits per heavy atom. The van der Waals surface area contributed by atoms with Gasteiger partial charge < -0.3 is 15.7 Å². The average Bonchev–Trinajstić information content (AvgIpc) is 2.34. The Labute approximate surface area is 107 Å². The van der Waals surface area contributed by atoms with Gasteiger partial charge in [0.2, 0.25) is 0 Å². The quantitative estimate of drug-likeness (QED) is 0.686. The summed E-state index contributed by atoms with van der Waals surface area (Å²) in [4.78, 5) is 19.1. The van der Waals surface area contributed by atoms with Crippen LogP contribution in [0.1, 0.15) is 27.2 Å². The molecule has 6 heteroatoms. The number of carboxylic acid groups (broad SMARTS) is 1. The largest absolute Gasteiger partial charge is 0.481 e. The minimum Gasteiger partial charge on any atom is -0.481 e. The Morgan fingerprint density at radius 2 is 1.94 bits per heavy atom. The third kappa shape index (κ3) is 4.20. The second kappa shape index (κ2) is 6.18. The molecule has 1 heterocycles. The van der Waals surface area contributed by atoms with Crippen molar-refractivity contribution in [2.75, 3.05) is 23.7 Å². The number of hydrogen-bond donors (Lipinski definition) is 3.